The lowest BCUT2D eigenvalue weighted by molar-refractivity contribution is 0.0125. The first-order chi connectivity index (χ1) is 14.9. The molecule has 1 saturated heterocycles. The summed E-state index contributed by atoms with van der Waals surface area (Å²) in [6.45, 7) is 2.79. The summed E-state index contributed by atoms with van der Waals surface area (Å²) in [5.41, 5.74) is 0.932. The third-order valence-electron chi connectivity index (χ3n) is 5.87. The zero-order chi connectivity index (χ0) is 22.0. The van der Waals surface area contributed by atoms with Crippen LogP contribution in [0.15, 0.2) is 45.6 Å². The van der Waals surface area contributed by atoms with Gasteiger partial charge in [0.25, 0.3) is 11.5 Å². The van der Waals surface area contributed by atoms with Crippen molar-refractivity contribution in [2.24, 2.45) is 7.05 Å². The summed E-state index contributed by atoms with van der Waals surface area (Å²) in [4.78, 5) is 24.9. The lowest BCUT2D eigenvalue weighted by Crippen LogP contribution is -2.54. The number of hydrogen-bond donors (Lipinski definition) is 2. The molecule has 2 N–H and O–H groups in total. The van der Waals surface area contributed by atoms with E-state index in [1.807, 2.05) is 6.07 Å². The van der Waals surface area contributed by atoms with Gasteiger partial charge in [-0.1, -0.05) is 6.07 Å². The van der Waals surface area contributed by atoms with Crippen LogP contribution in [0.4, 0.5) is 0 Å². The van der Waals surface area contributed by atoms with E-state index in [0.29, 0.717) is 54.1 Å². The minimum atomic E-state index is -0.697. The fourth-order valence-electron chi connectivity index (χ4n) is 3.87. The number of rotatable bonds is 6. The molecule has 3 aromatic rings. The minimum absolute atomic E-state index is 0.105. The molecule has 0 atom stereocenters. The van der Waals surface area contributed by atoms with Crippen molar-refractivity contribution >= 4 is 16.9 Å². The van der Waals surface area contributed by atoms with Crippen molar-refractivity contribution in [3.63, 3.8) is 0 Å². The average molecular weight is 426 g/mol. The third-order valence-corrected chi connectivity index (χ3v) is 5.87. The maximum Gasteiger partial charge on any atom is 0.255 e. The highest BCUT2D eigenvalue weighted by Crippen LogP contribution is 2.30. The molecule has 1 aromatic carbocycles. The van der Waals surface area contributed by atoms with Gasteiger partial charge in [0.15, 0.2) is 0 Å². The van der Waals surface area contributed by atoms with Gasteiger partial charge in [0, 0.05) is 31.7 Å². The van der Waals surface area contributed by atoms with E-state index in [9.17, 15) is 14.7 Å². The lowest BCUT2D eigenvalue weighted by Gasteiger charge is -2.36. The number of nitrogens with zero attached hydrogens (tertiary/aromatic N) is 1. The van der Waals surface area contributed by atoms with Gasteiger partial charge in [0.05, 0.1) is 23.4 Å². The Bertz CT molecular complexity index is 1160. The average Bonchev–Trinajstić information content (AvgIpc) is 3.10. The van der Waals surface area contributed by atoms with E-state index < -0.39 is 5.54 Å². The van der Waals surface area contributed by atoms with E-state index in [1.54, 1.807) is 38.2 Å². The van der Waals surface area contributed by atoms with Crippen LogP contribution in [0.3, 0.4) is 0 Å². The van der Waals surface area contributed by atoms with Crippen LogP contribution in [0.1, 0.15) is 34.7 Å². The first kappa shape index (κ1) is 21.1. The number of pyridine rings is 1. The number of benzene rings is 1. The van der Waals surface area contributed by atoms with E-state index in [2.05, 4.69) is 5.32 Å². The van der Waals surface area contributed by atoms with Crippen LogP contribution in [0.5, 0.6) is 5.75 Å². The van der Waals surface area contributed by atoms with Crippen molar-refractivity contribution in [3.05, 3.63) is 63.8 Å². The number of aromatic nitrogens is 1. The molecule has 1 aliphatic rings. The number of carbonyl (C=O) groups excluding carboxylic acids is 1. The number of aliphatic hydroxyl groups excluding tert-OH is 1. The van der Waals surface area contributed by atoms with Gasteiger partial charge in [-0.3, -0.25) is 9.59 Å². The molecule has 8 heteroatoms. The lowest BCUT2D eigenvalue weighted by atomic mass is 9.90. The monoisotopic (exact) mass is 426 g/mol. The molecule has 1 fully saturated rings. The Morgan fingerprint density at radius 2 is 2.03 bits per heavy atom. The molecule has 0 bridgehead atoms. The molecule has 0 spiro atoms. The molecule has 31 heavy (non-hydrogen) atoms. The summed E-state index contributed by atoms with van der Waals surface area (Å²) in [6.07, 6.45) is 1.10. The molecule has 0 unspecified atom stereocenters. The van der Waals surface area contributed by atoms with E-state index in [0.717, 1.165) is 5.69 Å². The second kappa shape index (κ2) is 8.56. The predicted octanol–water partition coefficient (Wildman–Crippen LogP) is 2.29. The van der Waals surface area contributed by atoms with Crippen molar-refractivity contribution in [2.45, 2.75) is 31.9 Å². The fourth-order valence-corrected chi connectivity index (χ4v) is 3.87. The molecule has 3 heterocycles. The molecular weight excluding hydrogens is 400 g/mol. The molecule has 0 saturated carbocycles. The molecule has 164 valence electrons. The van der Waals surface area contributed by atoms with Crippen LogP contribution in [-0.4, -0.2) is 40.9 Å². The number of hydrogen-bond acceptors (Lipinski definition) is 6. The van der Waals surface area contributed by atoms with Crippen molar-refractivity contribution in [1.29, 1.82) is 0 Å². The number of aliphatic hydroxyl groups is 1. The van der Waals surface area contributed by atoms with Crippen molar-refractivity contribution in [2.75, 3.05) is 19.8 Å². The molecule has 0 aliphatic carbocycles. The third kappa shape index (κ3) is 4.22. The Hall–Kier alpha value is -3.10. The van der Waals surface area contributed by atoms with Crippen LogP contribution >= 0.6 is 0 Å². The summed E-state index contributed by atoms with van der Waals surface area (Å²) < 4.78 is 18.6. The number of carbonyl (C=O) groups is 1. The highest BCUT2D eigenvalue weighted by molar-refractivity contribution is 6.07. The Balaban J connectivity index is 1.59. The largest absolute Gasteiger partial charge is 0.487 e. The van der Waals surface area contributed by atoms with Crippen molar-refractivity contribution in [1.82, 2.24) is 9.88 Å². The summed E-state index contributed by atoms with van der Waals surface area (Å²) in [5, 5.41) is 13.5. The first-order valence-corrected chi connectivity index (χ1v) is 10.2. The Morgan fingerprint density at radius 1 is 1.26 bits per heavy atom. The van der Waals surface area contributed by atoms with Crippen LogP contribution in [0, 0.1) is 6.92 Å². The van der Waals surface area contributed by atoms with Crippen LogP contribution in [-0.2, 0) is 18.4 Å². The number of nitrogens with one attached hydrogen (secondary N) is 1. The normalized spacial score (nSPS) is 15.7. The summed E-state index contributed by atoms with van der Waals surface area (Å²) in [7, 11) is 1.69. The number of aryl methyl sites for hydroxylation is 1. The highest BCUT2D eigenvalue weighted by atomic mass is 16.5. The topological polar surface area (TPSA) is 103 Å². The van der Waals surface area contributed by atoms with Gasteiger partial charge >= 0.3 is 0 Å². The second-order valence-corrected chi connectivity index (χ2v) is 7.90. The van der Waals surface area contributed by atoms with E-state index in [-0.39, 0.29) is 24.7 Å². The smallest absolute Gasteiger partial charge is 0.255 e. The summed E-state index contributed by atoms with van der Waals surface area (Å²) in [5.74, 6) is 0.756. The van der Waals surface area contributed by atoms with Gasteiger partial charge in [0.1, 0.15) is 23.7 Å². The quantitative estimate of drug-likeness (QED) is 0.627. The Labute approximate surface area is 179 Å². The van der Waals surface area contributed by atoms with Crippen LogP contribution in [0.25, 0.3) is 11.0 Å². The highest BCUT2D eigenvalue weighted by Gasteiger charge is 2.35. The van der Waals surface area contributed by atoms with E-state index >= 15 is 0 Å². The molecule has 8 nitrogen and oxygen atoms in total. The Morgan fingerprint density at radius 3 is 2.77 bits per heavy atom. The zero-order valence-electron chi connectivity index (χ0n) is 17.6. The molecule has 1 aliphatic heterocycles. The molecule has 4 rings (SSSR count). The van der Waals surface area contributed by atoms with E-state index in [4.69, 9.17) is 13.9 Å². The number of furan rings is 1. The minimum Gasteiger partial charge on any atom is -0.487 e. The predicted molar refractivity (Wildman–Crippen MR) is 114 cm³/mol. The first-order valence-electron chi connectivity index (χ1n) is 10.2. The maximum atomic E-state index is 13.1. The van der Waals surface area contributed by atoms with Gasteiger partial charge < -0.3 is 28.9 Å². The molecule has 0 radical (unpaired) electrons. The van der Waals surface area contributed by atoms with Gasteiger partial charge in [-0.25, -0.2) is 0 Å². The standard InChI is InChI=1S/C23H26N2O6/c1-15-21(22(28)24-23(14-26)8-10-29-11-9-23)18-12-17(6-7-19(18)31-15)30-13-16-4-3-5-20(27)25(16)2/h3-7,12,26H,8-11,13-14H2,1-2H3,(H,24,28). The van der Waals surface area contributed by atoms with Crippen LogP contribution in [0.2, 0.25) is 0 Å². The van der Waals surface area contributed by atoms with E-state index in [1.165, 1.54) is 10.6 Å². The van der Waals surface area contributed by atoms with Gasteiger partial charge in [-0.2, -0.15) is 0 Å². The van der Waals surface area contributed by atoms with Gasteiger partial charge in [0.2, 0.25) is 0 Å². The van der Waals surface area contributed by atoms with Crippen molar-refractivity contribution < 1.29 is 23.8 Å². The number of ether oxygens (including phenoxy) is 2. The molecular formula is C23H26N2O6. The Kier molecular flexibility index (Phi) is 5.84. The summed E-state index contributed by atoms with van der Waals surface area (Å²) >= 11 is 0. The van der Waals surface area contributed by atoms with Crippen molar-refractivity contribution in [3.8, 4) is 5.75 Å². The van der Waals surface area contributed by atoms with Gasteiger partial charge in [-0.15, -0.1) is 0 Å². The SMILES string of the molecule is Cc1oc2ccc(OCc3cccc(=O)n3C)cc2c1C(=O)NC1(CO)CCOCC1. The van der Waals surface area contributed by atoms with Gasteiger partial charge in [-0.05, 0) is 44.0 Å². The van der Waals surface area contributed by atoms with Crippen LogP contribution < -0.4 is 15.6 Å². The summed E-state index contributed by atoms with van der Waals surface area (Å²) in [6, 6.07) is 10.3. The molecule has 1 amide bonds. The number of amides is 1. The zero-order valence-corrected chi connectivity index (χ0v) is 17.6. The number of fused-ring (bicyclic) bond motifs is 1. The second-order valence-electron chi connectivity index (χ2n) is 7.90. The fraction of sp³-hybridized carbons (Fsp3) is 0.391. The maximum absolute atomic E-state index is 13.1. The molecule has 2 aromatic heterocycles.